The molecular formula is C11H7FO3. The maximum Gasteiger partial charge on any atom is 0.307 e. The summed E-state index contributed by atoms with van der Waals surface area (Å²) >= 11 is 0. The van der Waals surface area contributed by atoms with Crippen LogP contribution in [0.1, 0.15) is 11.1 Å². The van der Waals surface area contributed by atoms with Gasteiger partial charge in [-0.3, -0.25) is 9.59 Å². The molecule has 0 bridgehead atoms. The van der Waals surface area contributed by atoms with E-state index >= 15 is 0 Å². The SMILES string of the molecule is O=CC#Cc1ccc(F)cc1CC(=O)O. The number of carbonyl (C=O) groups is 2. The standard InChI is InChI=1S/C11H7FO3/c12-10-4-3-8(2-1-5-13)9(6-10)7-11(14)15/h3-6H,7H2,(H,14,15). The van der Waals surface area contributed by atoms with Crippen molar-refractivity contribution in [1.82, 2.24) is 0 Å². The molecule has 0 aliphatic heterocycles. The van der Waals surface area contributed by atoms with Crippen molar-refractivity contribution < 1.29 is 19.1 Å². The molecule has 0 aliphatic carbocycles. The Balaban J connectivity index is 3.13. The second kappa shape index (κ2) is 4.91. The van der Waals surface area contributed by atoms with E-state index in [1.807, 2.05) is 0 Å². The van der Waals surface area contributed by atoms with Crippen molar-refractivity contribution >= 4 is 12.3 Å². The van der Waals surface area contributed by atoms with Crippen molar-refractivity contribution in [2.24, 2.45) is 0 Å². The number of hydrogen-bond acceptors (Lipinski definition) is 2. The first-order valence-corrected chi connectivity index (χ1v) is 4.09. The molecule has 0 aromatic heterocycles. The molecule has 1 aromatic rings. The predicted molar refractivity (Wildman–Crippen MR) is 50.7 cm³/mol. The van der Waals surface area contributed by atoms with Gasteiger partial charge in [0.15, 0.2) is 6.29 Å². The average molecular weight is 206 g/mol. The van der Waals surface area contributed by atoms with Gasteiger partial charge in [0.2, 0.25) is 0 Å². The van der Waals surface area contributed by atoms with Gasteiger partial charge in [0.1, 0.15) is 5.82 Å². The summed E-state index contributed by atoms with van der Waals surface area (Å²) in [6.45, 7) is 0. The number of carboxylic acids is 1. The lowest BCUT2D eigenvalue weighted by Crippen LogP contribution is -2.02. The fourth-order valence-electron chi connectivity index (χ4n) is 1.10. The molecule has 0 saturated heterocycles. The van der Waals surface area contributed by atoms with Crippen molar-refractivity contribution in [3.05, 3.63) is 35.1 Å². The monoisotopic (exact) mass is 206 g/mol. The number of halogens is 1. The predicted octanol–water partition coefficient (Wildman–Crippen LogP) is 1.00. The van der Waals surface area contributed by atoms with Crippen LogP contribution in [0.25, 0.3) is 0 Å². The molecule has 15 heavy (non-hydrogen) atoms. The Morgan fingerprint density at radius 3 is 2.87 bits per heavy atom. The van der Waals surface area contributed by atoms with Crippen LogP contribution in [0.15, 0.2) is 18.2 Å². The van der Waals surface area contributed by atoms with Gasteiger partial charge < -0.3 is 5.11 Å². The van der Waals surface area contributed by atoms with E-state index in [-0.39, 0.29) is 12.0 Å². The van der Waals surface area contributed by atoms with Crippen molar-refractivity contribution in [2.45, 2.75) is 6.42 Å². The third-order valence-electron chi connectivity index (χ3n) is 1.67. The molecule has 0 radical (unpaired) electrons. The number of aldehydes is 1. The highest BCUT2D eigenvalue weighted by molar-refractivity contribution is 5.75. The van der Waals surface area contributed by atoms with E-state index in [2.05, 4.69) is 11.8 Å². The summed E-state index contributed by atoms with van der Waals surface area (Å²) in [7, 11) is 0. The number of rotatable bonds is 2. The van der Waals surface area contributed by atoms with Gasteiger partial charge in [-0.15, -0.1) is 0 Å². The maximum atomic E-state index is 12.8. The topological polar surface area (TPSA) is 54.4 Å². The molecule has 1 rings (SSSR count). The minimum Gasteiger partial charge on any atom is -0.481 e. The number of hydrogen-bond donors (Lipinski definition) is 1. The van der Waals surface area contributed by atoms with Crippen LogP contribution in [-0.4, -0.2) is 17.4 Å². The fraction of sp³-hybridized carbons (Fsp3) is 0.0909. The first-order chi connectivity index (χ1) is 7.13. The molecular weight excluding hydrogens is 199 g/mol. The van der Waals surface area contributed by atoms with E-state index in [0.29, 0.717) is 11.8 Å². The van der Waals surface area contributed by atoms with Gasteiger partial charge in [-0.05, 0) is 29.7 Å². The molecule has 1 aromatic carbocycles. The van der Waals surface area contributed by atoms with E-state index in [4.69, 9.17) is 5.11 Å². The summed E-state index contributed by atoms with van der Waals surface area (Å²) in [6.07, 6.45) is 0.0779. The molecule has 0 aliphatic rings. The Hall–Kier alpha value is -2.15. The van der Waals surface area contributed by atoms with Gasteiger partial charge in [0, 0.05) is 5.56 Å². The summed E-state index contributed by atoms with van der Waals surface area (Å²) in [5, 5.41) is 8.57. The number of aliphatic carboxylic acids is 1. The zero-order valence-electron chi connectivity index (χ0n) is 7.66. The molecule has 76 valence electrons. The smallest absolute Gasteiger partial charge is 0.307 e. The van der Waals surface area contributed by atoms with Crippen molar-refractivity contribution in [1.29, 1.82) is 0 Å². The van der Waals surface area contributed by atoms with Crippen LogP contribution in [0, 0.1) is 17.7 Å². The largest absolute Gasteiger partial charge is 0.481 e. The van der Waals surface area contributed by atoms with Crippen LogP contribution in [0.4, 0.5) is 4.39 Å². The average Bonchev–Trinajstić information content (AvgIpc) is 2.16. The lowest BCUT2D eigenvalue weighted by Gasteiger charge is -2.00. The first kappa shape index (κ1) is 10.9. The Morgan fingerprint density at radius 1 is 1.53 bits per heavy atom. The molecule has 4 heteroatoms. The maximum absolute atomic E-state index is 12.8. The zero-order valence-corrected chi connectivity index (χ0v) is 7.66. The molecule has 0 unspecified atom stereocenters. The molecule has 1 N–H and O–H groups in total. The van der Waals surface area contributed by atoms with E-state index in [0.717, 1.165) is 6.07 Å². The Morgan fingerprint density at radius 2 is 2.27 bits per heavy atom. The van der Waals surface area contributed by atoms with Crippen LogP contribution >= 0.6 is 0 Å². The number of carboxylic acid groups (broad SMARTS) is 1. The highest BCUT2D eigenvalue weighted by Gasteiger charge is 2.06. The van der Waals surface area contributed by atoms with Crippen LogP contribution in [0.5, 0.6) is 0 Å². The normalized spacial score (nSPS) is 8.87. The second-order valence-electron chi connectivity index (χ2n) is 2.76. The fourth-order valence-corrected chi connectivity index (χ4v) is 1.10. The third-order valence-corrected chi connectivity index (χ3v) is 1.67. The summed E-state index contributed by atoms with van der Waals surface area (Å²) in [5.41, 5.74) is 0.614. The van der Waals surface area contributed by atoms with E-state index in [1.54, 1.807) is 0 Å². The van der Waals surface area contributed by atoms with Crippen LogP contribution in [0.3, 0.4) is 0 Å². The lowest BCUT2D eigenvalue weighted by molar-refractivity contribution is -0.136. The summed E-state index contributed by atoms with van der Waals surface area (Å²) < 4.78 is 12.8. The molecule has 3 nitrogen and oxygen atoms in total. The zero-order chi connectivity index (χ0) is 11.3. The molecule has 0 amide bonds. The molecule has 0 saturated carbocycles. The Kier molecular flexibility index (Phi) is 3.58. The quantitative estimate of drug-likeness (QED) is 0.580. The van der Waals surface area contributed by atoms with E-state index < -0.39 is 11.8 Å². The highest BCUT2D eigenvalue weighted by Crippen LogP contribution is 2.11. The van der Waals surface area contributed by atoms with Gasteiger partial charge in [0.05, 0.1) is 6.42 Å². The van der Waals surface area contributed by atoms with Gasteiger partial charge in [-0.2, -0.15) is 0 Å². The minimum absolute atomic E-state index is 0.261. The summed E-state index contributed by atoms with van der Waals surface area (Å²) in [4.78, 5) is 20.5. The van der Waals surface area contributed by atoms with Crippen molar-refractivity contribution in [2.75, 3.05) is 0 Å². The van der Waals surface area contributed by atoms with E-state index in [1.165, 1.54) is 12.1 Å². The first-order valence-electron chi connectivity index (χ1n) is 4.09. The van der Waals surface area contributed by atoms with Crippen molar-refractivity contribution in [3.8, 4) is 11.8 Å². The third kappa shape index (κ3) is 3.24. The van der Waals surface area contributed by atoms with Gasteiger partial charge >= 0.3 is 5.97 Å². The minimum atomic E-state index is -1.07. The van der Waals surface area contributed by atoms with Crippen molar-refractivity contribution in [3.63, 3.8) is 0 Å². The molecule has 0 spiro atoms. The highest BCUT2D eigenvalue weighted by atomic mass is 19.1. The second-order valence-corrected chi connectivity index (χ2v) is 2.76. The Bertz CT molecular complexity index is 455. The van der Waals surface area contributed by atoms with Gasteiger partial charge in [-0.1, -0.05) is 5.92 Å². The van der Waals surface area contributed by atoms with Crippen LogP contribution in [0.2, 0.25) is 0 Å². The molecule has 0 heterocycles. The Labute approximate surface area is 85.5 Å². The van der Waals surface area contributed by atoms with E-state index in [9.17, 15) is 14.0 Å². The van der Waals surface area contributed by atoms with Crippen LogP contribution in [-0.2, 0) is 16.0 Å². The molecule has 0 fully saturated rings. The summed E-state index contributed by atoms with van der Waals surface area (Å²) in [5.74, 6) is 3.00. The number of benzene rings is 1. The lowest BCUT2D eigenvalue weighted by atomic mass is 10.0. The van der Waals surface area contributed by atoms with Gasteiger partial charge in [0.25, 0.3) is 0 Å². The van der Waals surface area contributed by atoms with Crippen LogP contribution < -0.4 is 0 Å². The summed E-state index contributed by atoms with van der Waals surface area (Å²) in [6, 6.07) is 3.62. The van der Waals surface area contributed by atoms with Gasteiger partial charge in [-0.25, -0.2) is 4.39 Å². The number of carbonyl (C=O) groups excluding carboxylic acids is 1. The molecule has 0 atom stereocenters.